The Balaban J connectivity index is 1.15. The third kappa shape index (κ3) is 5.85. The molecule has 7 heteroatoms. The van der Waals surface area contributed by atoms with Gasteiger partial charge in [0.2, 0.25) is 0 Å². The highest BCUT2D eigenvalue weighted by Gasteiger charge is 2.24. The zero-order valence-corrected chi connectivity index (χ0v) is 32.9. The fourth-order valence-electron chi connectivity index (χ4n) is 8.56. The molecule has 0 bridgehead atoms. The first-order valence-corrected chi connectivity index (χ1v) is 20.0. The van der Waals surface area contributed by atoms with Crippen molar-refractivity contribution in [1.29, 1.82) is 0 Å². The van der Waals surface area contributed by atoms with Crippen LogP contribution in [0.2, 0.25) is 0 Å². The predicted molar refractivity (Wildman–Crippen MR) is 239 cm³/mol. The van der Waals surface area contributed by atoms with Gasteiger partial charge in [0.15, 0.2) is 11.5 Å². The van der Waals surface area contributed by atoms with Crippen LogP contribution < -0.4 is 0 Å². The highest BCUT2D eigenvalue weighted by Crippen LogP contribution is 2.43. The van der Waals surface area contributed by atoms with Crippen LogP contribution in [0, 0.1) is 5.41 Å². The van der Waals surface area contributed by atoms with Gasteiger partial charge in [0, 0.05) is 39.7 Å². The van der Waals surface area contributed by atoms with Crippen LogP contribution in [0.4, 0.5) is 0 Å². The smallest absolute Gasteiger partial charge is 0.195 e. The number of rotatable bonds is 6. The van der Waals surface area contributed by atoms with Gasteiger partial charge in [0.25, 0.3) is 0 Å². The zero-order chi connectivity index (χ0) is 39.8. The Bertz CT molecular complexity index is 3390. The van der Waals surface area contributed by atoms with E-state index in [4.69, 9.17) is 19.4 Å². The van der Waals surface area contributed by atoms with Crippen LogP contribution in [-0.4, -0.2) is 29.2 Å². The molecule has 1 N–H and O–H groups in total. The van der Waals surface area contributed by atoms with Crippen LogP contribution >= 0.6 is 0 Å². The first kappa shape index (κ1) is 34.7. The van der Waals surface area contributed by atoms with E-state index in [9.17, 15) is 5.11 Å². The molecule has 0 amide bonds. The molecule has 0 aliphatic rings. The largest absolute Gasteiger partial charge is 0.507 e. The van der Waals surface area contributed by atoms with Gasteiger partial charge in [0.05, 0.1) is 44.5 Å². The molecule has 0 fully saturated rings. The molecule has 11 rings (SSSR count). The van der Waals surface area contributed by atoms with Crippen molar-refractivity contribution in [3.63, 3.8) is 0 Å². The first-order chi connectivity index (χ1) is 28.8. The fraction of sp³-hybridized carbons (Fsp3) is 0.0962. The highest BCUT2D eigenvalue weighted by molar-refractivity contribution is 6.27. The van der Waals surface area contributed by atoms with Gasteiger partial charge in [-0.1, -0.05) is 99.6 Å². The molecule has 11 aromatic rings. The van der Waals surface area contributed by atoms with Crippen molar-refractivity contribution in [2.24, 2.45) is 5.41 Å². The van der Waals surface area contributed by atoms with Gasteiger partial charge in [-0.25, -0.2) is 15.0 Å². The lowest BCUT2D eigenvalue weighted by atomic mass is 9.92. The van der Waals surface area contributed by atoms with Crippen molar-refractivity contribution in [2.75, 3.05) is 0 Å². The molecule has 0 saturated carbocycles. The van der Waals surface area contributed by atoms with E-state index in [0.29, 0.717) is 11.3 Å². The number of hydrogen-bond acceptors (Lipinski definition) is 5. The maximum absolute atomic E-state index is 10.9. The molecule has 0 unspecified atom stereocenters. The lowest BCUT2D eigenvalue weighted by Crippen LogP contribution is -2.09. The molecule has 0 radical (unpaired) electrons. The summed E-state index contributed by atoms with van der Waals surface area (Å²) in [5, 5.41) is 12.9. The lowest BCUT2D eigenvalue weighted by molar-refractivity contribution is 0.362. The van der Waals surface area contributed by atoms with Gasteiger partial charge in [-0.3, -0.25) is 0 Å². The lowest BCUT2D eigenvalue weighted by Gasteiger charge is -2.14. The predicted octanol–water partition coefficient (Wildman–Crippen LogP) is 13.1. The third-order valence-electron chi connectivity index (χ3n) is 11.2. The van der Waals surface area contributed by atoms with Crippen molar-refractivity contribution >= 4 is 55.0 Å². The Labute approximate surface area is 340 Å². The molecular weight excluding hydrogens is 727 g/mol. The molecule has 0 spiro atoms. The summed E-state index contributed by atoms with van der Waals surface area (Å²) in [4.78, 5) is 15.7. The summed E-state index contributed by atoms with van der Waals surface area (Å²) in [6.45, 7) is 6.59. The zero-order valence-electron chi connectivity index (χ0n) is 32.9. The number of aromatic hydroxyl groups is 1. The van der Waals surface area contributed by atoms with E-state index < -0.39 is 0 Å². The van der Waals surface area contributed by atoms with Gasteiger partial charge >= 0.3 is 0 Å². The number of phenols is 1. The first-order valence-electron chi connectivity index (χ1n) is 20.0. The van der Waals surface area contributed by atoms with Gasteiger partial charge in [0.1, 0.15) is 11.3 Å². The molecule has 5 aromatic heterocycles. The average molecular weight is 766 g/mol. The molecule has 0 atom stereocenters. The van der Waals surface area contributed by atoms with Crippen LogP contribution in [0.1, 0.15) is 26.7 Å². The molecule has 5 heterocycles. The fourth-order valence-corrected chi connectivity index (χ4v) is 8.56. The molecule has 7 nitrogen and oxygen atoms in total. The number of phenolic OH excluding ortho intramolecular Hbond substituents is 1. The van der Waals surface area contributed by atoms with E-state index in [1.165, 1.54) is 0 Å². The second-order valence-electron chi connectivity index (χ2n) is 16.4. The number of para-hydroxylation sites is 2. The van der Waals surface area contributed by atoms with E-state index in [1.807, 2.05) is 54.6 Å². The summed E-state index contributed by atoms with van der Waals surface area (Å²) < 4.78 is 10.7. The number of hydrogen-bond donors (Lipinski definition) is 1. The van der Waals surface area contributed by atoms with Gasteiger partial charge in [-0.05, 0) is 101 Å². The number of fused-ring (bicyclic) bond motifs is 8. The number of pyridine rings is 2. The van der Waals surface area contributed by atoms with Crippen LogP contribution in [-0.2, 0) is 6.42 Å². The van der Waals surface area contributed by atoms with Gasteiger partial charge in [-0.2, -0.15) is 0 Å². The Morgan fingerprint density at radius 3 is 1.73 bits per heavy atom. The molecule has 0 aliphatic heterocycles. The summed E-state index contributed by atoms with van der Waals surface area (Å²) in [7, 11) is 0. The third-order valence-corrected chi connectivity index (χ3v) is 11.2. The minimum atomic E-state index is 0.0846. The monoisotopic (exact) mass is 765 g/mol. The summed E-state index contributed by atoms with van der Waals surface area (Å²) >= 11 is 0. The standard InChI is InChI=1S/C52H39N5O2/c1-52(2,3)31-47-53-40-30-34(20-29-46(40)59-47)32-18-21-36(22-19-32)57-42-28-27-41-49(48(42)50-43(57)25-23-38(54-50)33-12-6-4-7-13-33)51-44(56(41)35-14-8-5-9-15-35)26-24-39(55-51)37-16-10-11-17-45(37)58/h4-30,58H,31H2,1-3H3. The molecular formula is C52H39N5O2. The Kier molecular flexibility index (Phi) is 7.82. The van der Waals surface area contributed by atoms with E-state index in [2.05, 4.69) is 133 Å². The Hall–Kier alpha value is -7.51. The summed E-state index contributed by atoms with van der Waals surface area (Å²) in [6.07, 6.45) is 0.777. The summed E-state index contributed by atoms with van der Waals surface area (Å²) in [6, 6.07) is 55.9. The minimum absolute atomic E-state index is 0.0846. The maximum Gasteiger partial charge on any atom is 0.195 e. The van der Waals surface area contributed by atoms with Crippen molar-refractivity contribution in [3.05, 3.63) is 170 Å². The minimum Gasteiger partial charge on any atom is -0.507 e. The maximum atomic E-state index is 10.9. The van der Waals surface area contributed by atoms with Crippen molar-refractivity contribution in [2.45, 2.75) is 27.2 Å². The van der Waals surface area contributed by atoms with Gasteiger partial charge in [-0.15, -0.1) is 0 Å². The number of nitrogens with zero attached hydrogens (tertiary/aromatic N) is 5. The van der Waals surface area contributed by atoms with Crippen molar-refractivity contribution in [3.8, 4) is 50.8 Å². The Morgan fingerprint density at radius 2 is 1.07 bits per heavy atom. The van der Waals surface area contributed by atoms with Gasteiger partial charge < -0.3 is 18.7 Å². The van der Waals surface area contributed by atoms with E-state index in [-0.39, 0.29) is 11.2 Å². The number of aromatic nitrogens is 5. The molecule has 284 valence electrons. The normalized spacial score (nSPS) is 12.1. The second kappa shape index (κ2) is 13.3. The topological polar surface area (TPSA) is 81.9 Å². The highest BCUT2D eigenvalue weighted by atomic mass is 16.3. The summed E-state index contributed by atoms with van der Waals surface area (Å²) in [5.41, 5.74) is 15.1. The quantitative estimate of drug-likeness (QED) is 0.182. The van der Waals surface area contributed by atoms with Crippen molar-refractivity contribution in [1.82, 2.24) is 24.1 Å². The summed E-state index contributed by atoms with van der Waals surface area (Å²) in [5.74, 6) is 0.956. The molecule has 0 aliphatic carbocycles. The second-order valence-corrected chi connectivity index (χ2v) is 16.4. The van der Waals surface area contributed by atoms with Crippen molar-refractivity contribution < 1.29 is 9.52 Å². The SMILES string of the molecule is CC(C)(C)Cc1nc2cc(-c3ccc(-n4c5ccc(-c6ccccc6)nc5c5c6c7nc(-c8ccccc8O)ccc7n(-c7ccccc7)c6ccc54)cc3)ccc2o1. The van der Waals surface area contributed by atoms with Crippen LogP contribution in [0.5, 0.6) is 5.75 Å². The van der Waals surface area contributed by atoms with Crippen LogP contribution in [0.3, 0.4) is 0 Å². The van der Waals surface area contributed by atoms with E-state index in [1.54, 1.807) is 6.07 Å². The van der Waals surface area contributed by atoms with E-state index >= 15 is 0 Å². The molecule has 0 saturated heterocycles. The van der Waals surface area contributed by atoms with Crippen LogP contribution in [0.25, 0.3) is 100.0 Å². The Morgan fingerprint density at radius 1 is 0.508 bits per heavy atom. The van der Waals surface area contributed by atoms with E-state index in [0.717, 1.165) is 101 Å². The average Bonchev–Trinajstić information content (AvgIpc) is 3.92. The number of benzene rings is 6. The molecule has 6 aromatic carbocycles. The molecule has 59 heavy (non-hydrogen) atoms. The van der Waals surface area contributed by atoms with Crippen LogP contribution in [0.15, 0.2) is 168 Å². The number of oxazole rings is 1.